The Morgan fingerprint density at radius 1 is 1.14 bits per heavy atom. The molecule has 0 aliphatic carbocycles. The van der Waals surface area contributed by atoms with E-state index in [1.165, 1.54) is 0 Å². The first kappa shape index (κ1) is 19.4. The van der Waals surface area contributed by atoms with Crippen molar-refractivity contribution >= 4 is 16.9 Å². The van der Waals surface area contributed by atoms with Crippen molar-refractivity contribution in [1.29, 1.82) is 0 Å². The lowest BCUT2D eigenvalue weighted by Gasteiger charge is -2.26. The quantitative estimate of drug-likeness (QED) is 0.631. The van der Waals surface area contributed by atoms with Gasteiger partial charge in [-0.3, -0.25) is 9.69 Å². The zero-order valence-corrected chi connectivity index (χ0v) is 16.3. The monoisotopic (exact) mass is 395 g/mol. The van der Waals surface area contributed by atoms with Crippen molar-refractivity contribution in [3.05, 3.63) is 59.8 Å². The second-order valence-electron chi connectivity index (χ2n) is 7.03. The van der Waals surface area contributed by atoms with E-state index in [0.717, 1.165) is 49.5 Å². The minimum atomic E-state index is -0.0947. The van der Waals surface area contributed by atoms with Crippen molar-refractivity contribution in [2.45, 2.75) is 13.0 Å². The maximum Gasteiger partial charge on any atom is 0.226 e. The molecule has 0 saturated carbocycles. The molecule has 1 aliphatic rings. The highest BCUT2D eigenvalue weighted by Crippen LogP contribution is 2.18. The van der Waals surface area contributed by atoms with Crippen molar-refractivity contribution < 1.29 is 18.8 Å². The van der Waals surface area contributed by atoms with Crippen LogP contribution >= 0.6 is 0 Å². The van der Waals surface area contributed by atoms with E-state index in [2.05, 4.69) is 15.4 Å². The molecule has 1 N–H and O–H groups in total. The van der Waals surface area contributed by atoms with E-state index in [1.807, 2.05) is 48.5 Å². The molecule has 0 bridgehead atoms. The van der Waals surface area contributed by atoms with Crippen LogP contribution in [-0.4, -0.2) is 55.4 Å². The molecule has 152 valence electrons. The van der Waals surface area contributed by atoms with Crippen LogP contribution in [0.4, 0.5) is 0 Å². The molecule has 1 amide bonds. The van der Waals surface area contributed by atoms with Crippen molar-refractivity contribution in [1.82, 2.24) is 15.4 Å². The molecular formula is C22H25N3O4. The molecule has 0 unspecified atom stereocenters. The first-order chi connectivity index (χ1) is 14.3. The number of hydrogen-bond acceptors (Lipinski definition) is 6. The first-order valence-electron chi connectivity index (χ1n) is 9.90. The average Bonchev–Trinajstić information content (AvgIpc) is 3.16. The summed E-state index contributed by atoms with van der Waals surface area (Å²) < 4.78 is 16.5. The van der Waals surface area contributed by atoms with Crippen LogP contribution in [-0.2, 0) is 22.5 Å². The van der Waals surface area contributed by atoms with Crippen LogP contribution < -0.4 is 10.1 Å². The van der Waals surface area contributed by atoms with E-state index in [0.29, 0.717) is 24.4 Å². The third kappa shape index (κ3) is 5.34. The standard InChI is InChI=1S/C22H25N3O4/c26-22(15-20-19-6-1-2-7-21(19)29-24-20)23-16-17-4-3-5-18(14-17)28-13-10-25-8-11-27-12-9-25/h1-7,14H,8-13,15-16H2,(H,23,26). The number of nitrogens with zero attached hydrogens (tertiary/aromatic N) is 2. The van der Waals surface area contributed by atoms with Crippen LogP contribution in [0.15, 0.2) is 53.1 Å². The molecule has 1 aliphatic heterocycles. The second kappa shape index (κ2) is 9.54. The Bertz CT molecular complexity index is 950. The van der Waals surface area contributed by atoms with Gasteiger partial charge in [0.15, 0.2) is 5.58 Å². The summed E-state index contributed by atoms with van der Waals surface area (Å²) in [6.07, 6.45) is 0.187. The largest absolute Gasteiger partial charge is 0.492 e. The Balaban J connectivity index is 1.25. The van der Waals surface area contributed by atoms with Crippen LogP contribution in [0.3, 0.4) is 0 Å². The number of benzene rings is 2. The van der Waals surface area contributed by atoms with Crippen molar-refractivity contribution in [2.24, 2.45) is 0 Å². The van der Waals surface area contributed by atoms with Gasteiger partial charge in [-0.1, -0.05) is 29.4 Å². The summed E-state index contributed by atoms with van der Waals surface area (Å²) in [5, 5.41) is 7.82. The van der Waals surface area contributed by atoms with Crippen LogP contribution in [0, 0.1) is 0 Å². The first-order valence-corrected chi connectivity index (χ1v) is 9.90. The van der Waals surface area contributed by atoms with Crippen molar-refractivity contribution in [3.8, 4) is 5.75 Å². The Labute approximate surface area is 169 Å². The molecule has 29 heavy (non-hydrogen) atoms. The number of carbonyl (C=O) groups excluding carboxylic acids is 1. The fraction of sp³-hybridized carbons (Fsp3) is 0.364. The Hall–Kier alpha value is -2.90. The van der Waals surface area contributed by atoms with Crippen LogP contribution in [0.2, 0.25) is 0 Å². The van der Waals surface area contributed by atoms with Gasteiger partial charge in [0.25, 0.3) is 0 Å². The molecule has 1 saturated heterocycles. The van der Waals surface area contributed by atoms with Crippen LogP contribution in [0.25, 0.3) is 11.0 Å². The van der Waals surface area contributed by atoms with Gasteiger partial charge in [0.1, 0.15) is 18.1 Å². The molecule has 3 aromatic rings. The average molecular weight is 395 g/mol. The molecule has 1 aromatic heterocycles. The Kier molecular flexibility index (Phi) is 6.38. The lowest BCUT2D eigenvalue weighted by Crippen LogP contribution is -2.38. The molecule has 1 fully saturated rings. The Morgan fingerprint density at radius 3 is 2.90 bits per heavy atom. The maximum atomic E-state index is 12.3. The lowest BCUT2D eigenvalue weighted by molar-refractivity contribution is -0.120. The van der Waals surface area contributed by atoms with Crippen LogP contribution in [0.5, 0.6) is 5.75 Å². The van der Waals surface area contributed by atoms with Gasteiger partial charge in [-0.15, -0.1) is 0 Å². The molecule has 7 heteroatoms. The molecule has 7 nitrogen and oxygen atoms in total. The fourth-order valence-corrected chi connectivity index (χ4v) is 3.34. The number of nitrogens with one attached hydrogen (secondary N) is 1. The minimum Gasteiger partial charge on any atom is -0.492 e. The summed E-state index contributed by atoms with van der Waals surface area (Å²) in [5.41, 5.74) is 2.34. The molecule has 0 spiro atoms. The fourth-order valence-electron chi connectivity index (χ4n) is 3.34. The third-order valence-electron chi connectivity index (χ3n) is 4.95. The smallest absolute Gasteiger partial charge is 0.226 e. The number of ether oxygens (including phenoxy) is 2. The van der Waals surface area contributed by atoms with Crippen LogP contribution in [0.1, 0.15) is 11.3 Å². The number of rotatable bonds is 8. The highest BCUT2D eigenvalue weighted by molar-refractivity contribution is 5.86. The van der Waals surface area contributed by atoms with Gasteiger partial charge in [-0.05, 0) is 29.8 Å². The predicted octanol–water partition coefficient (Wildman–Crippen LogP) is 2.40. The second-order valence-corrected chi connectivity index (χ2v) is 7.03. The van der Waals surface area contributed by atoms with Crippen molar-refractivity contribution in [2.75, 3.05) is 39.5 Å². The number of morpholine rings is 1. The highest BCUT2D eigenvalue weighted by atomic mass is 16.5. The van der Waals surface area contributed by atoms with Gasteiger partial charge in [0.2, 0.25) is 5.91 Å². The van der Waals surface area contributed by atoms with E-state index < -0.39 is 0 Å². The molecule has 4 rings (SSSR count). The summed E-state index contributed by atoms with van der Waals surface area (Å²) >= 11 is 0. The molecule has 2 heterocycles. The minimum absolute atomic E-state index is 0.0947. The molecule has 0 radical (unpaired) electrons. The van der Waals surface area contributed by atoms with Crippen molar-refractivity contribution in [3.63, 3.8) is 0 Å². The maximum absolute atomic E-state index is 12.3. The van der Waals surface area contributed by atoms with Gasteiger partial charge in [-0.25, -0.2) is 0 Å². The summed E-state index contributed by atoms with van der Waals surface area (Å²) in [6.45, 7) is 5.45. The zero-order valence-electron chi connectivity index (χ0n) is 16.3. The molecule has 2 aromatic carbocycles. The topological polar surface area (TPSA) is 76.8 Å². The van der Waals surface area contributed by atoms with Gasteiger partial charge in [0.05, 0.1) is 19.6 Å². The number of hydrogen-bond donors (Lipinski definition) is 1. The molecule has 0 atom stereocenters. The van der Waals surface area contributed by atoms with E-state index >= 15 is 0 Å². The number of aromatic nitrogens is 1. The SMILES string of the molecule is O=C(Cc1noc2ccccc12)NCc1cccc(OCCN2CCOCC2)c1. The van der Waals surface area contributed by atoms with Gasteiger partial charge in [0, 0.05) is 31.6 Å². The number of carbonyl (C=O) groups is 1. The van der Waals surface area contributed by atoms with Gasteiger partial charge < -0.3 is 19.3 Å². The summed E-state index contributed by atoms with van der Waals surface area (Å²) in [6, 6.07) is 15.4. The van der Waals surface area contributed by atoms with E-state index in [1.54, 1.807) is 0 Å². The number of fused-ring (bicyclic) bond motifs is 1. The van der Waals surface area contributed by atoms with E-state index in [9.17, 15) is 4.79 Å². The number of amides is 1. The zero-order chi connectivity index (χ0) is 19.9. The summed E-state index contributed by atoms with van der Waals surface area (Å²) in [5.74, 6) is 0.718. The summed E-state index contributed by atoms with van der Waals surface area (Å²) in [4.78, 5) is 14.7. The summed E-state index contributed by atoms with van der Waals surface area (Å²) in [7, 11) is 0. The highest BCUT2D eigenvalue weighted by Gasteiger charge is 2.12. The normalized spacial score (nSPS) is 14.8. The van der Waals surface area contributed by atoms with E-state index in [-0.39, 0.29) is 12.3 Å². The van der Waals surface area contributed by atoms with E-state index in [4.69, 9.17) is 14.0 Å². The third-order valence-corrected chi connectivity index (χ3v) is 4.95. The lowest BCUT2D eigenvalue weighted by atomic mass is 10.1. The van der Waals surface area contributed by atoms with Gasteiger partial charge >= 0.3 is 0 Å². The molecular weight excluding hydrogens is 370 g/mol. The Morgan fingerprint density at radius 2 is 2.00 bits per heavy atom. The number of para-hydroxylation sites is 1. The van der Waals surface area contributed by atoms with Gasteiger partial charge in [-0.2, -0.15) is 0 Å². The predicted molar refractivity (Wildman–Crippen MR) is 109 cm³/mol.